The monoisotopic (exact) mass is 288 g/mol. The van der Waals surface area contributed by atoms with Gasteiger partial charge in [0.15, 0.2) is 0 Å². The second-order valence-electron chi connectivity index (χ2n) is 5.25. The molecule has 0 aliphatic rings. The first kappa shape index (κ1) is 15.1. The number of benzene rings is 1. The number of primary amides is 1. The summed E-state index contributed by atoms with van der Waals surface area (Å²) in [7, 11) is 0. The summed E-state index contributed by atoms with van der Waals surface area (Å²) < 4.78 is 0. The molecule has 0 aliphatic carbocycles. The fraction of sp³-hybridized carbons (Fsp3) is 0.333. The van der Waals surface area contributed by atoms with Crippen LogP contribution in [0.15, 0.2) is 30.5 Å². The van der Waals surface area contributed by atoms with Crippen molar-refractivity contribution in [3.05, 3.63) is 36.0 Å². The number of fused-ring (bicyclic) bond motifs is 1. The second-order valence-corrected chi connectivity index (χ2v) is 5.25. The van der Waals surface area contributed by atoms with Gasteiger partial charge in [-0.1, -0.05) is 18.2 Å². The highest BCUT2D eigenvalue weighted by atomic mass is 16.2. The third-order valence-electron chi connectivity index (χ3n) is 3.35. The molecule has 0 aliphatic heterocycles. The van der Waals surface area contributed by atoms with E-state index in [1.165, 1.54) is 0 Å². The molecule has 2 rings (SSSR count). The smallest absolute Gasteiger partial charge is 0.237 e. The first-order valence-corrected chi connectivity index (χ1v) is 6.86. The molecule has 21 heavy (non-hydrogen) atoms. The van der Waals surface area contributed by atoms with Gasteiger partial charge < -0.3 is 21.8 Å². The van der Waals surface area contributed by atoms with E-state index in [4.69, 9.17) is 11.5 Å². The summed E-state index contributed by atoms with van der Waals surface area (Å²) in [6.07, 6.45) is 2.40. The molecule has 112 valence electrons. The number of hydrogen-bond acceptors (Lipinski definition) is 3. The minimum atomic E-state index is -0.667. The lowest BCUT2D eigenvalue weighted by atomic mass is 10.0. The van der Waals surface area contributed by atoms with Crippen molar-refractivity contribution in [2.24, 2.45) is 11.5 Å². The molecule has 6 N–H and O–H groups in total. The summed E-state index contributed by atoms with van der Waals surface area (Å²) in [5, 5.41) is 3.76. The fourth-order valence-electron chi connectivity index (χ4n) is 2.33. The Morgan fingerprint density at radius 2 is 2.05 bits per heavy atom. The van der Waals surface area contributed by atoms with E-state index in [-0.39, 0.29) is 18.4 Å². The van der Waals surface area contributed by atoms with Gasteiger partial charge >= 0.3 is 0 Å². The van der Waals surface area contributed by atoms with E-state index in [0.29, 0.717) is 6.42 Å². The zero-order valence-electron chi connectivity index (χ0n) is 11.9. The van der Waals surface area contributed by atoms with E-state index in [1.807, 2.05) is 30.5 Å². The van der Waals surface area contributed by atoms with Gasteiger partial charge in [0, 0.05) is 29.6 Å². The minimum absolute atomic E-state index is 0.103. The van der Waals surface area contributed by atoms with Crippen LogP contribution >= 0.6 is 0 Å². The van der Waals surface area contributed by atoms with Gasteiger partial charge in [0.25, 0.3) is 0 Å². The van der Waals surface area contributed by atoms with Crippen molar-refractivity contribution < 1.29 is 9.59 Å². The largest absolute Gasteiger partial charge is 0.370 e. The maximum Gasteiger partial charge on any atom is 0.237 e. The minimum Gasteiger partial charge on any atom is -0.370 e. The molecular formula is C15H20N4O2. The molecule has 2 unspecified atom stereocenters. The molecule has 1 heterocycles. The molecule has 0 bridgehead atoms. The lowest BCUT2D eigenvalue weighted by molar-refractivity contribution is -0.123. The average molecular weight is 288 g/mol. The summed E-state index contributed by atoms with van der Waals surface area (Å²) in [5.41, 5.74) is 13.0. The van der Waals surface area contributed by atoms with Gasteiger partial charge in [-0.3, -0.25) is 9.59 Å². The van der Waals surface area contributed by atoms with Crippen LogP contribution in [0.5, 0.6) is 0 Å². The maximum absolute atomic E-state index is 12.0. The van der Waals surface area contributed by atoms with Crippen LogP contribution in [-0.2, 0) is 16.0 Å². The van der Waals surface area contributed by atoms with E-state index >= 15 is 0 Å². The third kappa shape index (κ3) is 3.82. The Kier molecular flexibility index (Phi) is 4.59. The second kappa shape index (κ2) is 6.41. The van der Waals surface area contributed by atoms with Crippen LogP contribution in [0, 0.1) is 0 Å². The average Bonchev–Trinajstić information content (AvgIpc) is 2.81. The number of para-hydroxylation sites is 1. The topological polar surface area (TPSA) is 114 Å². The number of hydrogen-bond donors (Lipinski definition) is 4. The summed E-state index contributed by atoms with van der Waals surface area (Å²) >= 11 is 0. The van der Waals surface area contributed by atoms with Crippen LogP contribution in [0.3, 0.4) is 0 Å². The Morgan fingerprint density at radius 1 is 1.33 bits per heavy atom. The standard InChI is InChI=1S/C15H20N4O2/c1-9(6-14(17)20)19-15(21)12(16)7-10-8-18-13-5-3-2-4-11(10)13/h2-5,8-9,12,18H,6-7,16H2,1H3,(H2,17,20)(H,19,21). The molecule has 6 heteroatoms. The number of aromatic nitrogens is 1. The number of H-pyrrole nitrogens is 1. The predicted octanol–water partition coefficient (Wildman–Crippen LogP) is 0.418. The van der Waals surface area contributed by atoms with Crippen LogP contribution in [0.2, 0.25) is 0 Å². The number of nitrogens with one attached hydrogen (secondary N) is 2. The van der Waals surface area contributed by atoms with Crippen LogP contribution in [0.4, 0.5) is 0 Å². The molecule has 6 nitrogen and oxygen atoms in total. The van der Waals surface area contributed by atoms with Crippen molar-refractivity contribution in [2.75, 3.05) is 0 Å². The van der Waals surface area contributed by atoms with Crippen molar-refractivity contribution in [1.82, 2.24) is 10.3 Å². The number of aromatic amines is 1. The number of amides is 2. The summed E-state index contributed by atoms with van der Waals surface area (Å²) in [4.78, 5) is 25.9. The van der Waals surface area contributed by atoms with Crippen LogP contribution in [0.1, 0.15) is 18.9 Å². The fourth-order valence-corrected chi connectivity index (χ4v) is 2.33. The number of carbonyl (C=O) groups is 2. The van der Waals surface area contributed by atoms with Crippen molar-refractivity contribution in [3.63, 3.8) is 0 Å². The van der Waals surface area contributed by atoms with Gasteiger partial charge in [-0.25, -0.2) is 0 Å². The molecule has 1 aromatic heterocycles. The maximum atomic E-state index is 12.0. The Hall–Kier alpha value is -2.34. The number of nitrogens with two attached hydrogens (primary N) is 2. The predicted molar refractivity (Wildman–Crippen MR) is 81.4 cm³/mol. The van der Waals surface area contributed by atoms with Gasteiger partial charge in [0.05, 0.1) is 6.04 Å². The van der Waals surface area contributed by atoms with Crippen LogP contribution in [0.25, 0.3) is 10.9 Å². The zero-order chi connectivity index (χ0) is 15.4. The van der Waals surface area contributed by atoms with Crippen molar-refractivity contribution in [2.45, 2.75) is 31.8 Å². The van der Waals surface area contributed by atoms with Gasteiger partial charge in [-0.2, -0.15) is 0 Å². The normalized spacial score (nSPS) is 13.8. The molecule has 1 aromatic carbocycles. The van der Waals surface area contributed by atoms with E-state index in [1.54, 1.807) is 6.92 Å². The van der Waals surface area contributed by atoms with Crippen molar-refractivity contribution >= 4 is 22.7 Å². The Morgan fingerprint density at radius 3 is 2.76 bits per heavy atom. The van der Waals surface area contributed by atoms with Crippen molar-refractivity contribution in [3.8, 4) is 0 Å². The lowest BCUT2D eigenvalue weighted by Gasteiger charge is -2.16. The Bertz CT molecular complexity index is 650. The highest BCUT2D eigenvalue weighted by molar-refractivity contribution is 5.86. The quantitative estimate of drug-likeness (QED) is 0.617. The SMILES string of the molecule is CC(CC(N)=O)NC(=O)C(N)Cc1c[nH]c2ccccc12. The van der Waals surface area contributed by atoms with Crippen molar-refractivity contribution in [1.29, 1.82) is 0 Å². The first-order chi connectivity index (χ1) is 9.97. The summed E-state index contributed by atoms with van der Waals surface area (Å²) in [6, 6.07) is 6.87. The molecule has 0 saturated heterocycles. The third-order valence-corrected chi connectivity index (χ3v) is 3.35. The van der Waals surface area contributed by atoms with Crippen LogP contribution in [-0.4, -0.2) is 28.9 Å². The molecule has 0 saturated carbocycles. The molecule has 2 aromatic rings. The Balaban J connectivity index is 1.99. The molecule has 0 radical (unpaired) electrons. The lowest BCUT2D eigenvalue weighted by Crippen LogP contribution is -2.46. The highest BCUT2D eigenvalue weighted by Crippen LogP contribution is 2.18. The van der Waals surface area contributed by atoms with E-state index < -0.39 is 11.9 Å². The van der Waals surface area contributed by atoms with Gasteiger partial charge in [-0.05, 0) is 25.0 Å². The van der Waals surface area contributed by atoms with Gasteiger partial charge in [-0.15, -0.1) is 0 Å². The van der Waals surface area contributed by atoms with E-state index in [9.17, 15) is 9.59 Å². The summed E-state index contributed by atoms with van der Waals surface area (Å²) in [5.74, 6) is -0.734. The first-order valence-electron chi connectivity index (χ1n) is 6.86. The highest BCUT2D eigenvalue weighted by Gasteiger charge is 2.18. The number of carbonyl (C=O) groups excluding carboxylic acids is 2. The van der Waals surface area contributed by atoms with Gasteiger partial charge in [0.1, 0.15) is 0 Å². The Labute approximate surface area is 122 Å². The van der Waals surface area contributed by atoms with Crippen LogP contribution < -0.4 is 16.8 Å². The summed E-state index contributed by atoms with van der Waals surface area (Å²) in [6.45, 7) is 1.72. The molecule has 2 atom stereocenters. The van der Waals surface area contributed by atoms with Gasteiger partial charge in [0.2, 0.25) is 11.8 Å². The zero-order valence-corrected chi connectivity index (χ0v) is 11.9. The molecule has 0 fully saturated rings. The molecular weight excluding hydrogens is 268 g/mol. The van der Waals surface area contributed by atoms with E-state index in [0.717, 1.165) is 16.5 Å². The molecule has 2 amide bonds. The van der Waals surface area contributed by atoms with E-state index in [2.05, 4.69) is 10.3 Å². The molecule has 0 spiro atoms. The number of rotatable bonds is 6.